The monoisotopic (exact) mass is 402 g/mol. The standard InChI is InChI=1S/C20H22N2O7/c23-11-17(22-20(28)29-12-14-4-2-1-3-5-14)18(25)21-16(19(26)27)10-13-6-8-15(24)9-7-13/h1-9,16-17,23-24H,10-12H2,(H,21,25)(H,22,28)(H,26,27)/t16-,17+/m1/s1. The van der Waals surface area contributed by atoms with E-state index in [9.17, 15) is 29.7 Å². The summed E-state index contributed by atoms with van der Waals surface area (Å²) in [6.07, 6.45) is -0.966. The molecule has 2 aromatic carbocycles. The third-order valence-corrected chi connectivity index (χ3v) is 3.99. The largest absolute Gasteiger partial charge is 0.508 e. The van der Waals surface area contributed by atoms with Gasteiger partial charge in [0.15, 0.2) is 0 Å². The second kappa shape index (κ2) is 10.7. The van der Waals surface area contributed by atoms with E-state index in [2.05, 4.69) is 10.6 Å². The first-order valence-corrected chi connectivity index (χ1v) is 8.78. The van der Waals surface area contributed by atoms with Crippen LogP contribution in [0.2, 0.25) is 0 Å². The van der Waals surface area contributed by atoms with Crippen molar-refractivity contribution in [2.45, 2.75) is 25.1 Å². The van der Waals surface area contributed by atoms with Gasteiger partial charge >= 0.3 is 12.1 Å². The van der Waals surface area contributed by atoms with Crippen molar-refractivity contribution >= 4 is 18.0 Å². The number of aliphatic carboxylic acids is 1. The van der Waals surface area contributed by atoms with Gasteiger partial charge in [0.2, 0.25) is 5.91 Å². The van der Waals surface area contributed by atoms with Crippen LogP contribution in [0.1, 0.15) is 11.1 Å². The van der Waals surface area contributed by atoms with Gasteiger partial charge in [-0.1, -0.05) is 42.5 Å². The number of aliphatic hydroxyl groups excluding tert-OH is 1. The molecule has 0 aliphatic rings. The number of carboxylic acids is 1. The maximum atomic E-state index is 12.3. The molecule has 9 nitrogen and oxygen atoms in total. The lowest BCUT2D eigenvalue weighted by Gasteiger charge is -2.20. The zero-order valence-corrected chi connectivity index (χ0v) is 15.4. The lowest BCUT2D eigenvalue weighted by molar-refractivity contribution is -0.142. The smallest absolute Gasteiger partial charge is 0.408 e. The molecule has 0 aliphatic heterocycles. The van der Waals surface area contributed by atoms with Crippen molar-refractivity contribution in [2.75, 3.05) is 6.61 Å². The number of carbonyl (C=O) groups excluding carboxylic acids is 2. The van der Waals surface area contributed by atoms with E-state index in [1.165, 1.54) is 24.3 Å². The number of ether oxygens (including phenoxy) is 1. The van der Waals surface area contributed by atoms with Crippen molar-refractivity contribution in [1.82, 2.24) is 10.6 Å². The number of aromatic hydroxyl groups is 1. The summed E-state index contributed by atoms with van der Waals surface area (Å²) < 4.78 is 4.99. The molecule has 0 saturated heterocycles. The van der Waals surface area contributed by atoms with Gasteiger partial charge in [-0.25, -0.2) is 9.59 Å². The molecule has 9 heteroatoms. The van der Waals surface area contributed by atoms with E-state index in [0.717, 1.165) is 5.56 Å². The first-order chi connectivity index (χ1) is 13.9. The van der Waals surface area contributed by atoms with Gasteiger partial charge < -0.3 is 30.7 Å². The van der Waals surface area contributed by atoms with Gasteiger partial charge in [-0.2, -0.15) is 0 Å². The fourth-order valence-corrected chi connectivity index (χ4v) is 2.44. The molecule has 2 rings (SSSR count). The summed E-state index contributed by atoms with van der Waals surface area (Å²) in [5, 5.41) is 32.5. The number of rotatable bonds is 9. The van der Waals surface area contributed by atoms with E-state index in [1.807, 2.05) is 6.07 Å². The molecule has 0 aromatic heterocycles. The zero-order valence-electron chi connectivity index (χ0n) is 15.4. The molecule has 2 amide bonds. The highest BCUT2D eigenvalue weighted by atomic mass is 16.5. The number of phenols is 1. The molecule has 5 N–H and O–H groups in total. The lowest BCUT2D eigenvalue weighted by atomic mass is 10.1. The van der Waals surface area contributed by atoms with Crippen LogP contribution in [0, 0.1) is 0 Å². The summed E-state index contributed by atoms with van der Waals surface area (Å²) in [5.74, 6) is -2.12. The molecular weight excluding hydrogens is 380 g/mol. The van der Waals surface area contributed by atoms with Gasteiger partial charge in [-0.05, 0) is 23.3 Å². The van der Waals surface area contributed by atoms with Gasteiger partial charge in [0, 0.05) is 6.42 Å². The van der Waals surface area contributed by atoms with Crippen molar-refractivity contribution in [3.8, 4) is 5.75 Å². The topological polar surface area (TPSA) is 145 Å². The van der Waals surface area contributed by atoms with Crippen molar-refractivity contribution < 1.29 is 34.4 Å². The fourth-order valence-electron chi connectivity index (χ4n) is 2.44. The Morgan fingerprint density at radius 2 is 1.55 bits per heavy atom. The molecule has 2 atom stereocenters. The van der Waals surface area contributed by atoms with Gasteiger partial charge in [-0.15, -0.1) is 0 Å². The van der Waals surface area contributed by atoms with Crippen LogP contribution in [0.25, 0.3) is 0 Å². The summed E-state index contributed by atoms with van der Waals surface area (Å²) in [7, 11) is 0. The number of hydrogen-bond acceptors (Lipinski definition) is 6. The Bertz CT molecular complexity index is 824. The average Bonchev–Trinajstić information content (AvgIpc) is 2.72. The lowest BCUT2D eigenvalue weighted by Crippen LogP contribution is -2.53. The Hall–Kier alpha value is -3.59. The van der Waals surface area contributed by atoms with Crippen molar-refractivity contribution in [1.29, 1.82) is 0 Å². The summed E-state index contributed by atoms with van der Waals surface area (Å²) in [5.41, 5.74) is 1.32. The van der Waals surface area contributed by atoms with E-state index < -0.39 is 36.7 Å². The first kappa shape index (κ1) is 21.7. The number of hydrogen-bond donors (Lipinski definition) is 5. The molecule has 0 aliphatic carbocycles. The number of aliphatic hydroxyl groups is 1. The molecule has 0 radical (unpaired) electrons. The Balaban J connectivity index is 1.91. The molecule has 154 valence electrons. The highest BCUT2D eigenvalue weighted by molar-refractivity contribution is 5.89. The fraction of sp³-hybridized carbons (Fsp3) is 0.250. The quantitative estimate of drug-likeness (QED) is 0.417. The SMILES string of the molecule is O=C(N[C@@H](CO)C(=O)N[C@H](Cc1ccc(O)cc1)C(=O)O)OCc1ccccc1. The Morgan fingerprint density at radius 1 is 0.897 bits per heavy atom. The molecule has 0 unspecified atom stereocenters. The van der Waals surface area contributed by atoms with Gasteiger partial charge in [0.25, 0.3) is 0 Å². The van der Waals surface area contributed by atoms with Crippen molar-refractivity contribution in [2.24, 2.45) is 0 Å². The summed E-state index contributed by atoms with van der Waals surface area (Å²) >= 11 is 0. The van der Waals surface area contributed by atoms with Gasteiger partial charge in [0.1, 0.15) is 24.4 Å². The molecule has 0 fully saturated rings. The third kappa shape index (κ3) is 7.15. The molecule has 0 heterocycles. The maximum absolute atomic E-state index is 12.3. The first-order valence-electron chi connectivity index (χ1n) is 8.78. The molecule has 0 bridgehead atoms. The maximum Gasteiger partial charge on any atom is 0.408 e. The van der Waals surface area contributed by atoms with Gasteiger partial charge in [-0.3, -0.25) is 4.79 Å². The van der Waals surface area contributed by atoms with Crippen molar-refractivity contribution in [3.63, 3.8) is 0 Å². The number of alkyl carbamates (subject to hydrolysis) is 1. The third-order valence-electron chi connectivity index (χ3n) is 3.99. The molecule has 0 saturated carbocycles. The second-order valence-electron chi connectivity index (χ2n) is 6.21. The summed E-state index contributed by atoms with van der Waals surface area (Å²) in [6.45, 7) is -0.761. The normalized spacial score (nSPS) is 12.4. The number of carboxylic acid groups (broad SMARTS) is 1. The van der Waals surface area contributed by atoms with E-state index in [1.54, 1.807) is 24.3 Å². The predicted molar refractivity (Wildman–Crippen MR) is 102 cm³/mol. The minimum atomic E-state index is -1.38. The summed E-state index contributed by atoms with van der Waals surface area (Å²) in [6, 6.07) is 12.1. The highest BCUT2D eigenvalue weighted by Crippen LogP contribution is 2.11. The van der Waals surface area contributed by atoms with Crippen LogP contribution in [0.4, 0.5) is 4.79 Å². The number of carbonyl (C=O) groups is 3. The number of benzene rings is 2. The number of phenolic OH excluding ortho intramolecular Hbond substituents is 1. The van der Waals surface area contributed by atoms with E-state index in [0.29, 0.717) is 5.56 Å². The van der Waals surface area contributed by atoms with Crippen LogP contribution in [-0.2, 0) is 27.4 Å². The molecule has 29 heavy (non-hydrogen) atoms. The Morgan fingerprint density at radius 3 is 2.14 bits per heavy atom. The summed E-state index contributed by atoms with van der Waals surface area (Å²) in [4.78, 5) is 35.6. The predicted octanol–water partition coefficient (Wildman–Crippen LogP) is 0.791. The van der Waals surface area contributed by atoms with Crippen LogP contribution in [0.15, 0.2) is 54.6 Å². The highest BCUT2D eigenvalue weighted by Gasteiger charge is 2.26. The van der Waals surface area contributed by atoms with Crippen LogP contribution in [0.3, 0.4) is 0 Å². The Labute approximate surface area is 166 Å². The number of nitrogens with one attached hydrogen (secondary N) is 2. The van der Waals surface area contributed by atoms with Crippen LogP contribution in [0.5, 0.6) is 5.75 Å². The minimum absolute atomic E-state index is 0.0228. The Kier molecular flexibility index (Phi) is 7.99. The zero-order chi connectivity index (χ0) is 21.2. The van der Waals surface area contributed by atoms with Crippen LogP contribution in [-0.4, -0.2) is 52.0 Å². The molecule has 2 aromatic rings. The van der Waals surface area contributed by atoms with Gasteiger partial charge in [0.05, 0.1) is 6.61 Å². The van der Waals surface area contributed by atoms with E-state index in [4.69, 9.17) is 4.74 Å². The van der Waals surface area contributed by atoms with E-state index in [-0.39, 0.29) is 18.8 Å². The number of amides is 2. The van der Waals surface area contributed by atoms with Crippen molar-refractivity contribution in [3.05, 3.63) is 65.7 Å². The molecule has 0 spiro atoms. The van der Waals surface area contributed by atoms with Crippen LogP contribution < -0.4 is 10.6 Å². The second-order valence-corrected chi connectivity index (χ2v) is 6.21. The minimum Gasteiger partial charge on any atom is -0.508 e. The van der Waals surface area contributed by atoms with E-state index >= 15 is 0 Å². The molecular formula is C20H22N2O7. The van der Waals surface area contributed by atoms with Crippen LogP contribution >= 0.6 is 0 Å². The average molecular weight is 402 g/mol.